The molecule has 0 amide bonds. The predicted molar refractivity (Wildman–Crippen MR) is 63.7 cm³/mol. The Bertz CT molecular complexity index is 488. The first-order valence-corrected chi connectivity index (χ1v) is 5.36. The highest BCUT2D eigenvalue weighted by molar-refractivity contribution is 6.19. The van der Waals surface area contributed by atoms with Crippen molar-refractivity contribution in [1.29, 1.82) is 0 Å². The summed E-state index contributed by atoms with van der Waals surface area (Å²) < 4.78 is 12.8. The van der Waals surface area contributed by atoms with Crippen LogP contribution in [-0.2, 0) is 0 Å². The van der Waals surface area contributed by atoms with Gasteiger partial charge in [-0.15, -0.1) is 11.6 Å². The number of rotatable bonds is 3. The standard InChI is InChI=1S/C12H10ClFN2/c13-7-1-2-10-8-15-16-12(10)9-3-5-11(14)6-4-9/h1-6,8H,7H2,(H,15,16). The molecule has 0 aliphatic carbocycles. The van der Waals surface area contributed by atoms with E-state index >= 15 is 0 Å². The molecule has 0 unspecified atom stereocenters. The fourth-order valence-electron chi connectivity index (χ4n) is 1.44. The molecule has 2 aromatic rings. The molecule has 82 valence electrons. The van der Waals surface area contributed by atoms with Crippen LogP contribution in [0.25, 0.3) is 17.3 Å². The van der Waals surface area contributed by atoms with E-state index in [9.17, 15) is 4.39 Å². The lowest BCUT2D eigenvalue weighted by atomic mass is 10.1. The predicted octanol–water partition coefficient (Wildman–Crippen LogP) is 3.47. The van der Waals surface area contributed by atoms with Crippen molar-refractivity contribution in [1.82, 2.24) is 10.2 Å². The van der Waals surface area contributed by atoms with Gasteiger partial charge in [-0.3, -0.25) is 5.10 Å². The van der Waals surface area contributed by atoms with Gasteiger partial charge in [-0.25, -0.2) is 4.39 Å². The second-order valence-corrected chi connectivity index (χ2v) is 3.57. The Hall–Kier alpha value is -1.61. The molecule has 0 saturated heterocycles. The van der Waals surface area contributed by atoms with E-state index in [0.717, 1.165) is 16.8 Å². The summed E-state index contributed by atoms with van der Waals surface area (Å²) >= 11 is 5.57. The van der Waals surface area contributed by atoms with Gasteiger partial charge in [-0.05, 0) is 24.3 Å². The Morgan fingerprint density at radius 3 is 2.75 bits per heavy atom. The highest BCUT2D eigenvalue weighted by Gasteiger charge is 2.04. The van der Waals surface area contributed by atoms with Crippen LogP contribution in [0.4, 0.5) is 4.39 Å². The summed E-state index contributed by atoms with van der Waals surface area (Å²) in [4.78, 5) is 0. The van der Waals surface area contributed by atoms with Crippen molar-refractivity contribution in [3.8, 4) is 11.3 Å². The van der Waals surface area contributed by atoms with E-state index < -0.39 is 0 Å². The smallest absolute Gasteiger partial charge is 0.123 e. The zero-order valence-corrected chi connectivity index (χ0v) is 9.21. The van der Waals surface area contributed by atoms with Crippen molar-refractivity contribution in [3.63, 3.8) is 0 Å². The fraction of sp³-hybridized carbons (Fsp3) is 0.0833. The van der Waals surface area contributed by atoms with Gasteiger partial charge in [0.05, 0.1) is 11.9 Å². The molecular weight excluding hydrogens is 227 g/mol. The van der Waals surface area contributed by atoms with Crippen molar-refractivity contribution in [2.75, 3.05) is 5.88 Å². The maximum atomic E-state index is 12.8. The van der Waals surface area contributed by atoms with Crippen LogP contribution in [0.3, 0.4) is 0 Å². The number of aromatic amines is 1. The molecule has 0 saturated carbocycles. The number of halogens is 2. The zero-order valence-electron chi connectivity index (χ0n) is 8.45. The number of hydrogen-bond donors (Lipinski definition) is 1. The molecule has 1 N–H and O–H groups in total. The lowest BCUT2D eigenvalue weighted by molar-refractivity contribution is 0.628. The highest BCUT2D eigenvalue weighted by atomic mass is 35.5. The number of allylic oxidation sites excluding steroid dienone is 1. The molecule has 0 bridgehead atoms. The van der Waals surface area contributed by atoms with Crippen LogP contribution in [-0.4, -0.2) is 16.1 Å². The minimum absolute atomic E-state index is 0.249. The van der Waals surface area contributed by atoms with Gasteiger partial charge in [0.2, 0.25) is 0 Å². The van der Waals surface area contributed by atoms with Crippen LogP contribution in [0, 0.1) is 5.82 Å². The first-order chi connectivity index (χ1) is 7.81. The highest BCUT2D eigenvalue weighted by Crippen LogP contribution is 2.22. The number of nitrogens with zero attached hydrogens (tertiary/aromatic N) is 1. The first-order valence-electron chi connectivity index (χ1n) is 4.83. The van der Waals surface area contributed by atoms with Gasteiger partial charge in [0.15, 0.2) is 0 Å². The Balaban J connectivity index is 2.36. The van der Waals surface area contributed by atoms with E-state index in [-0.39, 0.29) is 5.82 Å². The van der Waals surface area contributed by atoms with Gasteiger partial charge in [-0.2, -0.15) is 5.10 Å². The first kappa shape index (κ1) is 10.9. The lowest BCUT2D eigenvalue weighted by Crippen LogP contribution is -1.82. The third-order valence-electron chi connectivity index (χ3n) is 2.19. The molecular formula is C12H10ClFN2. The molecule has 0 fully saturated rings. The van der Waals surface area contributed by atoms with Crippen molar-refractivity contribution < 1.29 is 4.39 Å². The molecule has 16 heavy (non-hydrogen) atoms. The van der Waals surface area contributed by atoms with Gasteiger partial charge in [0.1, 0.15) is 5.82 Å². The Morgan fingerprint density at radius 1 is 1.31 bits per heavy atom. The number of hydrogen-bond acceptors (Lipinski definition) is 1. The molecule has 0 aliphatic heterocycles. The second-order valence-electron chi connectivity index (χ2n) is 3.26. The van der Waals surface area contributed by atoms with Crippen LogP contribution in [0.5, 0.6) is 0 Å². The maximum absolute atomic E-state index is 12.8. The van der Waals surface area contributed by atoms with E-state index in [1.165, 1.54) is 12.1 Å². The van der Waals surface area contributed by atoms with Gasteiger partial charge in [0.25, 0.3) is 0 Å². The van der Waals surface area contributed by atoms with Crippen molar-refractivity contribution in [3.05, 3.63) is 47.9 Å². The summed E-state index contributed by atoms with van der Waals surface area (Å²) in [5.74, 6) is 0.203. The fourth-order valence-corrected chi connectivity index (χ4v) is 1.53. The largest absolute Gasteiger partial charge is 0.277 e. The quantitative estimate of drug-likeness (QED) is 0.813. The molecule has 0 atom stereocenters. The average Bonchev–Trinajstić information content (AvgIpc) is 2.75. The van der Waals surface area contributed by atoms with Gasteiger partial charge in [0, 0.05) is 17.0 Å². The molecule has 1 heterocycles. The molecule has 1 aromatic carbocycles. The van der Waals surface area contributed by atoms with E-state index in [2.05, 4.69) is 10.2 Å². The van der Waals surface area contributed by atoms with E-state index in [1.54, 1.807) is 18.3 Å². The maximum Gasteiger partial charge on any atom is 0.123 e. The third kappa shape index (κ3) is 2.31. The zero-order chi connectivity index (χ0) is 11.4. The molecule has 4 heteroatoms. The van der Waals surface area contributed by atoms with Crippen LogP contribution >= 0.6 is 11.6 Å². The number of nitrogens with one attached hydrogen (secondary N) is 1. The minimum atomic E-state index is -0.249. The second kappa shape index (κ2) is 4.94. The molecule has 2 rings (SSSR count). The summed E-state index contributed by atoms with van der Waals surface area (Å²) in [6.07, 6.45) is 5.43. The lowest BCUT2D eigenvalue weighted by Gasteiger charge is -1.99. The summed E-state index contributed by atoms with van der Waals surface area (Å²) in [5, 5.41) is 6.84. The average molecular weight is 237 g/mol. The Morgan fingerprint density at radius 2 is 2.06 bits per heavy atom. The van der Waals surface area contributed by atoms with Crippen LogP contribution in [0.1, 0.15) is 5.56 Å². The van der Waals surface area contributed by atoms with E-state index in [0.29, 0.717) is 5.88 Å². The number of aromatic nitrogens is 2. The van der Waals surface area contributed by atoms with Crippen LogP contribution in [0.2, 0.25) is 0 Å². The summed E-state index contributed by atoms with van der Waals surface area (Å²) in [7, 11) is 0. The third-order valence-corrected chi connectivity index (χ3v) is 2.37. The van der Waals surface area contributed by atoms with Crippen molar-refractivity contribution in [2.45, 2.75) is 0 Å². The van der Waals surface area contributed by atoms with Crippen molar-refractivity contribution >= 4 is 17.7 Å². The topological polar surface area (TPSA) is 28.7 Å². The normalized spacial score (nSPS) is 11.1. The van der Waals surface area contributed by atoms with Gasteiger partial charge in [-0.1, -0.05) is 12.2 Å². The van der Waals surface area contributed by atoms with Crippen molar-refractivity contribution in [2.24, 2.45) is 0 Å². The molecule has 0 spiro atoms. The number of H-pyrrole nitrogens is 1. The summed E-state index contributed by atoms with van der Waals surface area (Å²) in [6.45, 7) is 0. The molecule has 0 radical (unpaired) electrons. The van der Waals surface area contributed by atoms with Crippen LogP contribution in [0.15, 0.2) is 36.5 Å². The Labute approximate surface area is 97.8 Å². The van der Waals surface area contributed by atoms with E-state index in [1.807, 2.05) is 12.2 Å². The monoisotopic (exact) mass is 236 g/mol. The van der Waals surface area contributed by atoms with Gasteiger partial charge < -0.3 is 0 Å². The number of alkyl halides is 1. The Kier molecular flexibility index (Phi) is 3.37. The summed E-state index contributed by atoms with van der Waals surface area (Å²) in [6, 6.07) is 6.26. The molecule has 1 aromatic heterocycles. The minimum Gasteiger partial charge on any atom is -0.277 e. The van der Waals surface area contributed by atoms with Gasteiger partial charge >= 0.3 is 0 Å². The molecule has 2 nitrogen and oxygen atoms in total. The van der Waals surface area contributed by atoms with Crippen LogP contribution < -0.4 is 0 Å². The molecule has 0 aliphatic rings. The van der Waals surface area contributed by atoms with E-state index in [4.69, 9.17) is 11.6 Å². The SMILES string of the molecule is Fc1ccc(-c2[nH]ncc2C=CCCl)cc1. The number of benzene rings is 1. The summed E-state index contributed by atoms with van der Waals surface area (Å²) in [5.41, 5.74) is 2.70.